The zero-order valence-electron chi connectivity index (χ0n) is 12.6. The molecular weight excluding hydrogens is 270 g/mol. The van der Waals surface area contributed by atoms with Crippen LogP contribution in [-0.2, 0) is 5.41 Å². The first-order valence-corrected chi connectivity index (χ1v) is 6.58. The maximum absolute atomic E-state index is 11.9. The third kappa shape index (κ3) is 3.75. The topological polar surface area (TPSA) is 76.4 Å². The lowest BCUT2D eigenvalue weighted by Crippen LogP contribution is -2.20. The van der Waals surface area contributed by atoms with E-state index in [4.69, 9.17) is 9.26 Å². The third-order valence-corrected chi connectivity index (χ3v) is 2.85. The SMILES string of the molecule is COc1ccccc1NC(=O)Nc1cc(C(C)(C)C)on1. The van der Waals surface area contributed by atoms with E-state index < -0.39 is 6.03 Å². The van der Waals surface area contributed by atoms with Gasteiger partial charge in [-0.1, -0.05) is 38.1 Å². The van der Waals surface area contributed by atoms with E-state index in [1.54, 1.807) is 25.3 Å². The van der Waals surface area contributed by atoms with Gasteiger partial charge in [-0.3, -0.25) is 5.32 Å². The van der Waals surface area contributed by atoms with Crippen molar-refractivity contribution >= 4 is 17.5 Å². The van der Waals surface area contributed by atoms with Gasteiger partial charge in [-0.2, -0.15) is 0 Å². The molecule has 0 bridgehead atoms. The number of aromatic nitrogens is 1. The molecule has 2 aromatic rings. The molecule has 0 aliphatic heterocycles. The number of methoxy groups -OCH3 is 1. The quantitative estimate of drug-likeness (QED) is 0.904. The normalized spacial score (nSPS) is 11.0. The highest BCUT2D eigenvalue weighted by atomic mass is 16.5. The fourth-order valence-corrected chi connectivity index (χ4v) is 1.71. The Hall–Kier alpha value is -2.50. The summed E-state index contributed by atoms with van der Waals surface area (Å²) in [6.45, 7) is 6.02. The van der Waals surface area contributed by atoms with Gasteiger partial charge < -0.3 is 14.6 Å². The molecule has 0 unspecified atom stereocenters. The van der Waals surface area contributed by atoms with Crippen molar-refractivity contribution in [2.45, 2.75) is 26.2 Å². The van der Waals surface area contributed by atoms with Crippen LogP contribution in [0.3, 0.4) is 0 Å². The highest BCUT2D eigenvalue weighted by molar-refractivity contribution is 6.00. The molecule has 112 valence electrons. The van der Waals surface area contributed by atoms with Crippen LogP contribution < -0.4 is 15.4 Å². The zero-order chi connectivity index (χ0) is 15.5. The molecule has 6 nitrogen and oxygen atoms in total. The summed E-state index contributed by atoms with van der Waals surface area (Å²) in [7, 11) is 1.55. The summed E-state index contributed by atoms with van der Waals surface area (Å²) >= 11 is 0. The van der Waals surface area contributed by atoms with E-state index in [-0.39, 0.29) is 5.41 Å². The molecule has 0 spiro atoms. The molecule has 2 amide bonds. The Morgan fingerprint density at radius 2 is 1.95 bits per heavy atom. The molecule has 1 heterocycles. The highest BCUT2D eigenvalue weighted by Gasteiger charge is 2.20. The van der Waals surface area contributed by atoms with Gasteiger partial charge in [-0.25, -0.2) is 4.79 Å². The molecule has 0 aliphatic rings. The van der Waals surface area contributed by atoms with E-state index >= 15 is 0 Å². The van der Waals surface area contributed by atoms with Crippen LogP contribution in [0, 0.1) is 0 Å². The summed E-state index contributed by atoms with van der Waals surface area (Å²) < 4.78 is 10.4. The Morgan fingerprint density at radius 3 is 2.57 bits per heavy atom. The summed E-state index contributed by atoms with van der Waals surface area (Å²) in [6.07, 6.45) is 0. The van der Waals surface area contributed by atoms with Crippen LogP contribution in [0.1, 0.15) is 26.5 Å². The number of amides is 2. The largest absolute Gasteiger partial charge is 0.495 e. The van der Waals surface area contributed by atoms with Crippen molar-refractivity contribution in [3.8, 4) is 5.75 Å². The molecule has 0 saturated heterocycles. The Morgan fingerprint density at radius 1 is 1.24 bits per heavy atom. The van der Waals surface area contributed by atoms with Gasteiger partial charge in [0.1, 0.15) is 11.5 Å². The highest BCUT2D eigenvalue weighted by Crippen LogP contribution is 2.25. The van der Waals surface area contributed by atoms with Gasteiger partial charge in [0.15, 0.2) is 5.82 Å². The molecule has 1 aromatic heterocycles. The molecule has 0 radical (unpaired) electrons. The lowest BCUT2D eigenvalue weighted by Gasteiger charge is -2.12. The average Bonchev–Trinajstić information content (AvgIpc) is 2.87. The van der Waals surface area contributed by atoms with Crippen LogP contribution in [-0.4, -0.2) is 18.3 Å². The van der Waals surface area contributed by atoms with Crippen molar-refractivity contribution < 1.29 is 14.1 Å². The number of para-hydroxylation sites is 2. The van der Waals surface area contributed by atoms with Crippen molar-refractivity contribution in [3.05, 3.63) is 36.1 Å². The molecule has 0 aliphatic carbocycles. The van der Waals surface area contributed by atoms with Crippen LogP contribution in [0.5, 0.6) is 5.75 Å². The van der Waals surface area contributed by atoms with Gasteiger partial charge in [0, 0.05) is 11.5 Å². The first-order chi connectivity index (χ1) is 9.90. The van der Waals surface area contributed by atoms with Gasteiger partial charge in [0.2, 0.25) is 0 Å². The van der Waals surface area contributed by atoms with Gasteiger partial charge in [-0.15, -0.1) is 0 Å². The molecule has 0 fully saturated rings. The molecule has 1 aromatic carbocycles. The fourth-order valence-electron chi connectivity index (χ4n) is 1.71. The predicted octanol–water partition coefficient (Wildman–Crippen LogP) is 3.62. The zero-order valence-corrected chi connectivity index (χ0v) is 12.6. The molecule has 2 N–H and O–H groups in total. The minimum absolute atomic E-state index is 0.161. The van der Waals surface area contributed by atoms with Gasteiger partial charge >= 0.3 is 6.03 Å². The number of urea groups is 1. The van der Waals surface area contributed by atoms with Crippen LogP contribution in [0.25, 0.3) is 0 Å². The van der Waals surface area contributed by atoms with E-state index in [9.17, 15) is 4.79 Å². The Bertz CT molecular complexity index is 629. The van der Waals surface area contributed by atoms with Crippen LogP contribution in [0.15, 0.2) is 34.9 Å². The molecule has 0 saturated carbocycles. The summed E-state index contributed by atoms with van der Waals surface area (Å²) in [4.78, 5) is 11.9. The summed E-state index contributed by atoms with van der Waals surface area (Å²) in [5.74, 6) is 1.66. The second-order valence-electron chi connectivity index (χ2n) is 5.61. The first kappa shape index (κ1) is 14.9. The maximum atomic E-state index is 11.9. The van der Waals surface area contributed by atoms with Crippen LogP contribution in [0.2, 0.25) is 0 Å². The molecule has 0 atom stereocenters. The van der Waals surface area contributed by atoms with Crippen molar-refractivity contribution in [3.63, 3.8) is 0 Å². The Labute approximate surface area is 123 Å². The lowest BCUT2D eigenvalue weighted by atomic mass is 9.93. The van der Waals surface area contributed by atoms with E-state index in [0.29, 0.717) is 23.0 Å². The molecule has 2 rings (SSSR count). The van der Waals surface area contributed by atoms with Crippen molar-refractivity contribution in [1.82, 2.24) is 5.16 Å². The predicted molar refractivity (Wildman–Crippen MR) is 80.8 cm³/mol. The second kappa shape index (κ2) is 5.87. The Kier molecular flexibility index (Phi) is 4.16. The minimum atomic E-state index is -0.409. The number of rotatable bonds is 3. The van der Waals surface area contributed by atoms with Crippen molar-refractivity contribution in [1.29, 1.82) is 0 Å². The maximum Gasteiger partial charge on any atom is 0.325 e. The standard InChI is InChI=1S/C15H19N3O3/c1-15(2,3)12-9-13(18-21-12)17-14(19)16-10-7-5-6-8-11(10)20-4/h5-9H,1-4H3,(H2,16,17,18,19). The molecular formula is C15H19N3O3. The number of hydrogen-bond donors (Lipinski definition) is 2. The van der Waals surface area contributed by atoms with E-state index in [2.05, 4.69) is 15.8 Å². The number of nitrogens with zero attached hydrogens (tertiary/aromatic N) is 1. The van der Waals surface area contributed by atoms with Crippen molar-refractivity contribution in [2.24, 2.45) is 0 Å². The lowest BCUT2D eigenvalue weighted by molar-refractivity contribution is 0.261. The second-order valence-corrected chi connectivity index (χ2v) is 5.61. The summed E-state index contributed by atoms with van der Waals surface area (Å²) in [5.41, 5.74) is 0.420. The Balaban J connectivity index is 2.03. The number of ether oxygens (including phenoxy) is 1. The van der Waals surface area contributed by atoms with Crippen molar-refractivity contribution in [2.75, 3.05) is 17.7 Å². The number of carbonyl (C=O) groups excluding carboxylic acids is 1. The minimum Gasteiger partial charge on any atom is -0.495 e. The van der Waals surface area contributed by atoms with Gasteiger partial charge in [0.05, 0.1) is 12.8 Å². The number of nitrogens with one attached hydrogen (secondary N) is 2. The van der Waals surface area contributed by atoms with Crippen LogP contribution >= 0.6 is 0 Å². The summed E-state index contributed by atoms with van der Waals surface area (Å²) in [5, 5.41) is 9.15. The molecule has 6 heteroatoms. The average molecular weight is 289 g/mol. The van der Waals surface area contributed by atoms with E-state index in [0.717, 1.165) is 0 Å². The third-order valence-electron chi connectivity index (χ3n) is 2.85. The fraction of sp³-hybridized carbons (Fsp3) is 0.333. The smallest absolute Gasteiger partial charge is 0.325 e. The number of benzene rings is 1. The number of carbonyl (C=O) groups is 1. The van der Waals surface area contributed by atoms with Gasteiger partial charge in [-0.05, 0) is 12.1 Å². The van der Waals surface area contributed by atoms with Gasteiger partial charge in [0.25, 0.3) is 0 Å². The monoisotopic (exact) mass is 289 g/mol. The molecule has 21 heavy (non-hydrogen) atoms. The van der Waals surface area contributed by atoms with Crippen LogP contribution in [0.4, 0.5) is 16.3 Å². The van der Waals surface area contributed by atoms with E-state index in [1.807, 2.05) is 32.9 Å². The number of hydrogen-bond acceptors (Lipinski definition) is 4. The van der Waals surface area contributed by atoms with E-state index in [1.165, 1.54) is 0 Å². The number of anilines is 2. The first-order valence-electron chi connectivity index (χ1n) is 6.58. The summed E-state index contributed by atoms with van der Waals surface area (Å²) in [6, 6.07) is 8.46.